The Balaban J connectivity index is 2.82. The monoisotopic (exact) mass is 209 g/mol. The SMILES string of the molecule is CCC(CN)(CO)Cc1cccc(O)c1. The molecule has 15 heavy (non-hydrogen) atoms. The van der Waals surface area contributed by atoms with Crippen molar-refractivity contribution in [1.82, 2.24) is 0 Å². The fraction of sp³-hybridized carbons (Fsp3) is 0.500. The summed E-state index contributed by atoms with van der Waals surface area (Å²) in [5.41, 5.74) is 6.45. The molecule has 1 unspecified atom stereocenters. The molecule has 0 amide bonds. The van der Waals surface area contributed by atoms with Crippen LogP contribution >= 0.6 is 0 Å². The lowest BCUT2D eigenvalue weighted by Gasteiger charge is -2.29. The number of hydrogen-bond donors (Lipinski definition) is 3. The number of aromatic hydroxyl groups is 1. The molecule has 4 N–H and O–H groups in total. The Morgan fingerprint density at radius 3 is 2.60 bits per heavy atom. The molecule has 1 atom stereocenters. The molecule has 0 fully saturated rings. The molecule has 1 aromatic carbocycles. The molecule has 0 heterocycles. The number of rotatable bonds is 5. The minimum Gasteiger partial charge on any atom is -0.508 e. The first-order valence-electron chi connectivity index (χ1n) is 5.24. The van der Waals surface area contributed by atoms with Gasteiger partial charge in [0.05, 0.1) is 6.61 Å². The highest BCUT2D eigenvalue weighted by Gasteiger charge is 2.25. The number of benzene rings is 1. The molecular weight excluding hydrogens is 190 g/mol. The van der Waals surface area contributed by atoms with Crippen molar-refractivity contribution >= 4 is 0 Å². The fourth-order valence-electron chi connectivity index (χ4n) is 1.67. The molecule has 84 valence electrons. The summed E-state index contributed by atoms with van der Waals surface area (Å²) in [7, 11) is 0. The van der Waals surface area contributed by atoms with E-state index in [1.807, 2.05) is 13.0 Å². The zero-order valence-electron chi connectivity index (χ0n) is 9.11. The van der Waals surface area contributed by atoms with Crippen molar-refractivity contribution in [3.63, 3.8) is 0 Å². The van der Waals surface area contributed by atoms with Gasteiger partial charge in [0.15, 0.2) is 0 Å². The highest BCUT2D eigenvalue weighted by Crippen LogP contribution is 2.26. The van der Waals surface area contributed by atoms with Crippen LogP contribution in [-0.2, 0) is 6.42 Å². The molecule has 3 heteroatoms. The summed E-state index contributed by atoms with van der Waals surface area (Å²) >= 11 is 0. The molecule has 0 saturated heterocycles. The van der Waals surface area contributed by atoms with E-state index in [9.17, 15) is 10.2 Å². The van der Waals surface area contributed by atoms with Crippen LogP contribution in [-0.4, -0.2) is 23.4 Å². The zero-order chi connectivity index (χ0) is 11.3. The van der Waals surface area contributed by atoms with Crippen LogP contribution in [0.15, 0.2) is 24.3 Å². The van der Waals surface area contributed by atoms with E-state index >= 15 is 0 Å². The summed E-state index contributed by atoms with van der Waals surface area (Å²) in [6.07, 6.45) is 1.53. The van der Waals surface area contributed by atoms with Gasteiger partial charge in [-0.2, -0.15) is 0 Å². The summed E-state index contributed by atoms with van der Waals surface area (Å²) in [5, 5.41) is 18.7. The molecule has 0 aliphatic rings. The smallest absolute Gasteiger partial charge is 0.115 e. The van der Waals surface area contributed by atoms with Gasteiger partial charge in [0.2, 0.25) is 0 Å². The Morgan fingerprint density at radius 2 is 2.13 bits per heavy atom. The normalized spacial score (nSPS) is 14.9. The molecule has 0 saturated carbocycles. The fourth-order valence-corrected chi connectivity index (χ4v) is 1.67. The third kappa shape index (κ3) is 2.94. The van der Waals surface area contributed by atoms with Gasteiger partial charge in [-0.05, 0) is 30.5 Å². The van der Waals surface area contributed by atoms with Crippen LogP contribution in [0.1, 0.15) is 18.9 Å². The van der Waals surface area contributed by atoms with Crippen LogP contribution in [0.25, 0.3) is 0 Å². The second-order valence-corrected chi connectivity index (χ2v) is 4.06. The Labute approximate surface area is 90.5 Å². The Morgan fingerprint density at radius 1 is 1.40 bits per heavy atom. The van der Waals surface area contributed by atoms with Crippen LogP contribution in [0.5, 0.6) is 5.75 Å². The molecule has 0 aliphatic carbocycles. The average molecular weight is 209 g/mol. The van der Waals surface area contributed by atoms with Gasteiger partial charge in [0.1, 0.15) is 5.75 Å². The number of hydrogen-bond acceptors (Lipinski definition) is 3. The Bertz CT molecular complexity index is 300. The maximum absolute atomic E-state index is 9.36. The van der Waals surface area contributed by atoms with Crippen LogP contribution in [0, 0.1) is 5.41 Å². The Kier molecular flexibility index (Phi) is 4.12. The lowest BCUT2D eigenvalue weighted by atomic mass is 9.80. The van der Waals surface area contributed by atoms with E-state index in [1.54, 1.807) is 18.2 Å². The topological polar surface area (TPSA) is 66.5 Å². The van der Waals surface area contributed by atoms with Crippen molar-refractivity contribution in [2.75, 3.05) is 13.2 Å². The zero-order valence-corrected chi connectivity index (χ0v) is 9.11. The van der Waals surface area contributed by atoms with Crippen molar-refractivity contribution in [3.05, 3.63) is 29.8 Å². The standard InChI is InChI=1S/C12H19NO2/c1-2-12(8-13,9-14)7-10-4-3-5-11(15)6-10/h3-6,14-15H,2,7-9,13H2,1H3. The van der Waals surface area contributed by atoms with Gasteiger partial charge in [0.25, 0.3) is 0 Å². The van der Waals surface area contributed by atoms with Crippen LogP contribution in [0.3, 0.4) is 0 Å². The number of aliphatic hydroxyl groups is 1. The number of phenols is 1. The quantitative estimate of drug-likeness (QED) is 0.684. The van der Waals surface area contributed by atoms with Gasteiger partial charge in [-0.3, -0.25) is 0 Å². The second kappa shape index (κ2) is 5.14. The van der Waals surface area contributed by atoms with Gasteiger partial charge < -0.3 is 15.9 Å². The molecule has 0 bridgehead atoms. The molecule has 0 spiro atoms. The second-order valence-electron chi connectivity index (χ2n) is 4.06. The minimum atomic E-state index is -0.256. The lowest BCUT2D eigenvalue weighted by molar-refractivity contribution is 0.127. The third-order valence-corrected chi connectivity index (χ3v) is 3.01. The third-order valence-electron chi connectivity index (χ3n) is 3.01. The van der Waals surface area contributed by atoms with Crippen LogP contribution in [0.4, 0.5) is 0 Å². The van der Waals surface area contributed by atoms with Gasteiger partial charge in [-0.1, -0.05) is 19.1 Å². The largest absolute Gasteiger partial charge is 0.508 e. The van der Waals surface area contributed by atoms with Crippen LogP contribution < -0.4 is 5.73 Å². The number of phenolic OH excluding ortho intramolecular Hbond substituents is 1. The van der Waals surface area contributed by atoms with Crippen molar-refractivity contribution < 1.29 is 10.2 Å². The molecule has 0 radical (unpaired) electrons. The molecule has 0 aliphatic heterocycles. The number of aliphatic hydroxyl groups excluding tert-OH is 1. The van der Waals surface area contributed by atoms with Crippen molar-refractivity contribution in [2.45, 2.75) is 19.8 Å². The van der Waals surface area contributed by atoms with Gasteiger partial charge in [-0.15, -0.1) is 0 Å². The van der Waals surface area contributed by atoms with Gasteiger partial charge >= 0.3 is 0 Å². The first kappa shape index (κ1) is 12.0. The predicted octanol–water partition coefficient (Wildman–Crippen LogP) is 1.28. The van der Waals surface area contributed by atoms with E-state index in [2.05, 4.69) is 0 Å². The van der Waals surface area contributed by atoms with E-state index in [4.69, 9.17) is 5.73 Å². The number of nitrogens with two attached hydrogens (primary N) is 1. The van der Waals surface area contributed by atoms with Crippen LogP contribution in [0.2, 0.25) is 0 Å². The summed E-state index contributed by atoms with van der Waals surface area (Å²) in [5.74, 6) is 0.257. The van der Waals surface area contributed by atoms with E-state index in [1.165, 1.54) is 0 Å². The molecule has 3 nitrogen and oxygen atoms in total. The maximum Gasteiger partial charge on any atom is 0.115 e. The first-order chi connectivity index (χ1) is 7.15. The van der Waals surface area contributed by atoms with E-state index < -0.39 is 0 Å². The summed E-state index contributed by atoms with van der Waals surface area (Å²) < 4.78 is 0. The first-order valence-corrected chi connectivity index (χ1v) is 5.24. The van der Waals surface area contributed by atoms with Crippen molar-refractivity contribution in [1.29, 1.82) is 0 Å². The summed E-state index contributed by atoms with van der Waals surface area (Å²) in [6.45, 7) is 2.55. The summed E-state index contributed by atoms with van der Waals surface area (Å²) in [6, 6.07) is 7.10. The van der Waals surface area contributed by atoms with Gasteiger partial charge in [-0.25, -0.2) is 0 Å². The highest BCUT2D eigenvalue weighted by atomic mass is 16.3. The molecule has 1 rings (SSSR count). The molecule has 0 aromatic heterocycles. The minimum absolute atomic E-state index is 0.0790. The van der Waals surface area contributed by atoms with Crippen molar-refractivity contribution in [2.24, 2.45) is 11.1 Å². The van der Waals surface area contributed by atoms with Gasteiger partial charge in [0, 0.05) is 12.0 Å². The highest BCUT2D eigenvalue weighted by molar-refractivity contribution is 5.28. The maximum atomic E-state index is 9.36. The average Bonchev–Trinajstić information content (AvgIpc) is 2.26. The molecular formula is C12H19NO2. The lowest BCUT2D eigenvalue weighted by Crippen LogP contribution is -2.35. The van der Waals surface area contributed by atoms with E-state index in [0.29, 0.717) is 13.0 Å². The van der Waals surface area contributed by atoms with E-state index in [0.717, 1.165) is 12.0 Å². The van der Waals surface area contributed by atoms with E-state index in [-0.39, 0.29) is 17.8 Å². The predicted molar refractivity (Wildman–Crippen MR) is 60.7 cm³/mol. The van der Waals surface area contributed by atoms with Crippen molar-refractivity contribution in [3.8, 4) is 5.75 Å². The molecule has 1 aromatic rings. The Hall–Kier alpha value is -1.06. The summed E-state index contributed by atoms with van der Waals surface area (Å²) in [4.78, 5) is 0.